The number of esters is 1. The largest absolute Gasteiger partial charge is 0.426 e. The Bertz CT molecular complexity index is 739. The Labute approximate surface area is 207 Å². The predicted molar refractivity (Wildman–Crippen MR) is 138 cm³/mol. The smallest absolute Gasteiger partial charge is 0.314 e. The van der Waals surface area contributed by atoms with Crippen molar-refractivity contribution in [3.63, 3.8) is 0 Å². The van der Waals surface area contributed by atoms with E-state index < -0.39 is 0 Å². The maximum absolute atomic E-state index is 12.8. The zero-order valence-corrected chi connectivity index (χ0v) is 21.6. The average Bonchev–Trinajstić information content (AvgIpc) is 2.89. The van der Waals surface area contributed by atoms with Crippen LogP contribution in [0.15, 0.2) is 24.3 Å². The minimum absolute atomic E-state index is 0.0268. The molecule has 1 aromatic rings. The molecule has 0 spiro atoms. The molecule has 3 fully saturated rings. The van der Waals surface area contributed by atoms with E-state index in [0.29, 0.717) is 23.8 Å². The second-order valence-electron chi connectivity index (χ2n) is 11.3. The fraction of sp³-hybridized carbons (Fsp3) is 0.767. The highest BCUT2D eigenvalue weighted by Gasteiger charge is 2.34. The first-order valence-corrected chi connectivity index (χ1v) is 14.3. The molecular weight excluding hydrogens is 422 g/mol. The molecule has 1 aromatic carbocycles. The summed E-state index contributed by atoms with van der Waals surface area (Å²) in [6, 6.07) is 8.69. The molecule has 3 aliphatic carbocycles. The van der Waals surface area contributed by atoms with Crippen molar-refractivity contribution in [3.8, 4) is 5.75 Å². The zero-order chi connectivity index (χ0) is 23.9. The normalized spacial score (nSPS) is 33.3. The van der Waals surface area contributed by atoms with Crippen LogP contribution in [0, 0.1) is 23.7 Å². The Morgan fingerprint density at radius 3 is 2.00 bits per heavy atom. The van der Waals surface area contributed by atoms with Gasteiger partial charge in [0.1, 0.15) is 5.75 Å². The average molecular weight is 470 g/mol. The zero-order valence-electron chi connectivity index (χ0n) is 21.6. The van der Waals surface area contributed by atoms with Gasteiger partial charge in [0.25, 0.3) is 0 Å². The summed E-state index contributed by atoms with van der Waals surface area (Å²) in [6.07, 6.45) is 15.8. The molecule has 0 bridgehead atoms. The first-order chi connectivity index (χ1) is 16.6. The molecule has 0 radical (unpaired) electrons. The summed E-state index contributed by atoms with van der Waals surface area (Å²) in [5.41, 5.74) is 7.66. The lowest BCUT2D eigenvalue weighted by Gasteiger charge is -2.38. The molecule has 3 saturated carbocycles. The molecule has 34 heavy (non-hydrogen) atoms. The highest BCUT2D eigenvalue weighted by Crippen LogP contribution is 2.42. The van der Waals surface area contributed by atoms with Crippen LogP contribution >= 0.6 is 0 Å². The number of rotatable bonds is 8. The van der Waals surface area contributed by atoms with Gasteiger partial charge in [0, 0.05) is 12.6 Å². The van der Waals surface area contributed by atoms with Gasteiger partial charge in [0.15, 0.2) is 0 Å². The summed E-state index contributed by atoms with van der Waals surface area (Å²) in [5.74, 6) is 3.70. The molecule has 0 amide bonds. The Hall–Kier alpha value is -1.39. The Morgan fingerprint density at radius 1 is 0.853 bits per heavy atom. The number of nitrogens with two attached hydrogens (primary N) is 1. The second-order valence-corrected chi connectivity index (χ2v) is 11.3. The van der Waals surface area contributed by atoms with Gasteiger partial charge in [0.05, 0.1) is 12.0 Å². The van der Waals surface area contributed by atoms with Gasteiger partial charge >= 0.3 is 5.97 Å². The van der Waals surface area contributed by atoms with Crippen molar-refractivity contribution in [1.29, 1.82) is 0 Å². The monoisotopic (exact) mass is 469 g/mol. The summed E-state index contributed by atoms with van der Waals surface area (Å²) in [4.78, 5) is 12.8. The van der Waals surface area contributed by atoms with Crippen molar-refractivity contribution in [1.82, 2.24) is 0 Å². The van der Waals surface area contributed by atoms with Gasteiger partial charge in [-0.25, -0.2) is 0 Å². The first-order valence-electron chi connectivity index (χ1n) is 14.3. The van der Waals surface area contributed by atoms with Crippen molar-refractivity contribution in [2.75, 3.05) is 6.61 Å². The minimum atomic E-state index is -0.0268. The Morgan fingerprint density at radius 2 is 1.44 bits per heavy atom. The number of hydrogen-bond acceptors (Lipinski definition) is 4. The molecular formula is C30H47NO3. The number of carbonyl (C=O) groups is 1. The van der Waals surface area contributed by atoms with Crippen molar-refractivity contribution in [3.05, 3.63) is 29.8 Å². The molecule has 2 N–H and O–H groups in total. The third kappa shape index (κ3) is 6.63. The lowest BCUT2D eigenvalue weighted by Crippen LogP contribution is -2.35. The summed E-state index contributed by atoms with van der Waals surface area (Å²) in [5, 5.41) is 0. The second kappa shape index (κ2) is 12.5. The Kier molecular flexibility index (Phi) is 9.47. The van der Waals surface area contributed by atoms with Crippen LogP contribution in [0.1, 0.15) is 109 Å². The van der Waals surface area contributed by atoms with Crippen LogP contribution < -0.4 is 10.5 Å². The van der Waals surface area contributed by atoms with Crippen molar-refractivity contribution >= 4 is 5.97 Å². The van der Waals surface area contributed by atoms with Gasteiger partial charge in [0.2, 0.25) is 0 Å². The molecule has 4 heteroatoms. The molecule has 0 aliphatic heterocycles. The number of benzene rings is 1. The van der Waals surface area contributed by atoms with Gasteiger partial charge in [-0.15, -0.1) is 0 Å². The van der Waals surface area contributed by atoms with Gasteiger partial charge in [-0.1, -0.05) is 19.1 Å². The summed E-state index contributed by atoms with van der Waals surface area (Å²) in [7, 11) is 0. The van der Waals surface area contributed by atoms with E-state index in [2.05, 4.69) is 26.0 Å². The van der Waals surface area contributed by atoms with E-state index in [4.69, 9.17) is 15.2 Å². The summed E-state index contributed by atoms with van der Waals surface area (Å²) >= 11 is 0. The van der Waals surface area contributed by atoms with E-state index in [9.17, 15) is 4.79 Å². The first kappa shape index (κ1) is 25.7. The molecule has 0 aromatic heterocycles. The highest BCUT2D eigenvalue weighted by atomic mass is 16.5. The highest BCUT2D eigenvalue weighted by molar-refractivity contribution is 5.75. The molecule has 3 aliphatic rings. The van der Waals surface area contributed by atoms with Crippen LogP contribution in [0.25, 0.3) is 0 Å². The van der Waals surface area contributed by atoms with Crippen molar-refractivity contribution in [2.24, 2.45) is 29.4 Å². The molecule has 1 atom stereocenters. The maximum Gasteiger partial charge on any atom is 0.314 e. The molecule has 4 nitrogen and oxygen atoms in total. The van der Waals surface area contributed by atoms with E-state index in [-0.39, 0.29) is 11.9 Å². The standard InChI is InChI=1S/C30H47NO3/c1-3-29(31)25-9-5-21(6-10-25)22-7-11-26(12-8-22)30(32)34-28-19-15-24(16-20-28)23-13-17-27(18-14-23)33-4-2/h15-16,19-23,25-27,29H,3-14,17-18,31H2,1-2H3. The van der Waals surface area contributed by atoms with Crippen LogP contribution in [0.4, 0.5) is 0 Å². The van der Waals surface area contributed by atoms with Crippen LogP contribution in [0.2, 0.25) is 0 Å². The Balaban J connectivity index is 1.19. The number of ether oxygens (including phenoxy) is 2. The molecule has 1 unspecified atom stereocenters. The summed E-state index contributed by atoms with van der Waals surface area (Å²) in [6.45, 7) is 5.10. The third-order valence-corrected chi connectivity index (χ3v) is 9.31. The van der Waals surface area contributed by atoms with E-state index in [0.717, 1.165) is 56.5 Å². The van der Waals surface area contributed by atoms with Crippen LogP contribution in [-0.4, -0.2) is 24.7 Å². The number of hydrogen-bond donors (Lipinski definition) is 1. The molecule has 0 saturated heterocycles. The number of carbonyl (C=O) groups excluding carboxylic acids is 1. The lowest BCUT2D eigenvalue weighted by molar-refractivity contribution is -0.140. The van der Waals surface area contributed by atoms with Gasteiger partial charge in [-0.2, -0.15) is 0 Å². The topological polar surface area (TPSA) is 61.5 Å². The van der Waals surface area contributed by atoms with Gasteiger partial charge in [-0.05, 0) is 132 Å². The van der Waals surface area contributed by atoms with Crippen molar-refractivity contribution in [2.45, 2.75) is 115 Å². The SMILES string of the molecule is CCOC1CCC(c2ccc(OC(=O)C3CCC(C4CCC(C(N)CC)CC4)CC3)cc2)CC1. The van der Waals surface area contributed by atoms with Crippen LogP contribution in [0.3, 0.4) is 0 Å². The van der Waals surface area contributed by atoms with Crippen molar-refractivity contribution < 1.29 is 14.3 Å². The fourth-order valence-corrected chi connectivity index (χ4v) is 7.01. The van der Waals surface area contributed by atoms with Crippen LogP contribution in [-0.2, 0) is 9.53 Å². The van der Waals surface area contributed by atoms with E-state index in [1.165, 1.54) is 56.9 Å². The van der Waals surface area contributed by atoms with Gasteiger partial charge in [-0.3, -0.25) is 4.79 Å². The van der Waals surface area contributed by atoms with E-state index in [1.54, 1.807) is 0 Å². The lowest BCUT2D eigenvalue weighted by atomic mass is 9.68. The quantitative estimate of drug-likeness (QED) is 0.329. The maximum atomic E-state index is 12.8. The minimum Gasteiger partial charge on any atom is -0.426 e. The third-order valence-electron chi connectivity index (χ3n) is 9.31. The van der Waals surface area contributed by atoms with E-state index in [1.807, 2.05) is 12.1 Å². The molecule has 190 valence electrons. The fourth-order valence-electron chi connectivity index (χ4n) is 7.01. The molecule has 0 heterocycles. The van der Waals surface area contributed by atoms with E-state index >= 15 is 0 Å². The molecule has 4 rings (SSSR count). The predicted octanol–water partition coefficient (Wildman–Crippen LogP) is 7.00. The summed E-state index contributed by atoms with van der Waals surface area (Å²) < 4.78 is 11.6. The van der Waals surface area contributed by atoms with Gasteiger partial charge < -0.3 is 15.2 Å². The van der Waals surface area contributed by atoms with Crippen LogP contribution in [0.5, 0.6) is 5.75 Å².